The van der Waals surface area contributed by atoms with Crippen LogP contribution in [0.4, 0.5) is 0 Å². The number of ether oxygens (including phenoxy) is 1. The highest BCUT2D eigenvalue weighted by atomic mass is 32.2. The summed E-state index contributed by atoms with van der Waals surface area (Å²) < 4.78 is 11.2. The van der Waals surface area contributed by atoms with Gasteiger partial charge in [-0.1, -0.05) is 5.16 Å². The minimum Gasteiger partial charge on any atom is -0.367 e. The smallest absolute Gasteiger partial charge is 0.232 e. The number of nitrogens with zero attached hydrogens (tertiary/aromatic N) is 3. The maximum Gasteiger partial charge on any atom is 0.232 e. The molecule has 3 unspecified atom stereocenters. The molecule has 0 aromatic carbocycles. The molecule has 0 amide bonds. The van der Waals surface area contributed by atoms with Crippen molar-refractivity contribution in [2.45, 2.75) is 18.1 Å². The second-order valence-corrected chi connectivity index (χ2v) is 6.23. The Labute approximate surface area is 117 Å². The first-order chi connectivity index (χ1) is 9.28. The van der Waals surface area contributed by atoms with Crippen molar-refractivity contribution in [2.75, 3.05) is 45.3 Å². The van der Waals surface area contributed by atoms with Gasteiger partial charge < -0.3 is 19.5 Å². The summed E-state index contributed by atoms with van der Waals surface area (Å²) in [7, 11) is 4.07. The van der Waals surface area contributed by atoms with Crippen molar-refractivity contribution in [2.24, 2.45) is 0 Å². The van der Waals surface area contributed by atoms with E-state index in [1.165, 1.54) is 0 Å². The molecule has 0 saturated carbocycles. The molecule has 0 bridgehead atoms. The topological polar surface area (TPSA) is 63.4 Å². The fourth-order valence-electron chi connectivity index (χ4n) is 2.54. The summed E-state index contributed by atoms with van der Waals surface area (Å²) in [6.07, 6.45) is -0.0571. The van der Waals surface area contributed by atoms with Crippen LogP contribution in [0.3, 0.4) is 0 Å². The van der Waals surface area contributed by atoms with Gasteiger partial charge in [0.1, 0.15) is 6.10 Å². The van der Waals surface area contributed by atoms with Gasteiger partial charge in [0.2, 0.25) is 11.7 Å². The Hall–Kier alpha value is -0.630. The van der Waals surface area contributed by atoms with Crippen LogP contribution >= 0.6 is 11.8 Å². The summed E-state index contributed by atoms with van der Waals surface area (Å²) >= 11 is 1.93. The quantitative estimate of drug-likeness (QED) is 0.866. The molecule has 3 atom stereocenters. The summed E-state index contributed by atoms with van der Waals surface area (Å²) in [5.74, 6) is 3.89. The van der Waals surface area contributed by atoms with Crippen LogP contribution in [0, 0.1) is 0 Å². The van der Waals surface area contributed by atoms with Gasteiger partial charge >= 0.3 is 0 Å². The van der Waals surface area contributed by atoms with Gasteiger partial charge in [0.15, 0.2) is 0 Å². The molecule has 7 heteroatoms. The highest BCUT2D eigenvalue weighted by molar-refractivity contribution is 7.99. The molecule has 1 N–H and O–H groups in total. The summed E-state index contributed by atoms with van der Waals surface area (Å²) in [5, 5.41) is 7.43. The summed E-state index contributed by atoms with van der Waals surface area (Å²) in [6, 6.07) is 0.424. The van der Waals surface area contributed by atoms with Crippen LogP contribution in [0.15, 0.2) is 4.52 Å². The van der Waals surface area contributed by atoms with Crippen molar-refractivity contribution in [3.8, 4) is 0 Å². The molecule has 1 aromatic rings. The lowest BCUT2D eigenvalue weighted by Crippen LogP contribution is -2.35. The number of hydrogen-bond acceptors (Lipinski definition) is 7. The van der Waals surface area contributed by atoms with E-state index in [2.05, 4.69) is 27.4 Å². The Morgan fingerprint density at radius 1 is 1.42 bits per heavy atom. The lowest BCUT2D eigenvalue weighted by atomic mass is 10.0. The van der Waals surface area contributed by atoms with Crippen LogP contribution in [0.1, 0.15) is 23.7 Å². The standard InChI is InChI=1S/C12H20N4O2S/c1-13-9-7-19-6-8(9)12-14-11(15-18-12)10-5-16(2)3-4-17-10/h8-10,13H,3-7H2,1-2H3. The molecule has 0 aliphatic carbocycles. The molecular formula is C12H20N4O2S. The first kappa shape index (κ1) is 13.4. The lowest BCUT2D eigenvalue weighted by molar-refractivity contribution is -0.0264. The molecule has 2 fully saturated rings. The van der Waals surface area contributed by atoms with Crippen molar-refractivity contribution < 1.29 is 9.26 Å². The van der Waals surface area contributed by atoms with Crippen molar-refractivity contribution in [1.82, 2.24) is 20.4 Å². The molecule has 3 rings (SSSR count). The van der Waals surface area contributed by atoms with E-state index in [9.17, 15) is 0 Å². The van der Waals surface area contributed by atoms with Gasteiger partial charge in [-0.25, -0.2) is 0 Å². The minimum absolute atomic E-state index is 0.0571. The van der Waals surface area contributed by atoms with E-state index in [1.54, 1.807) is 0 Å². The molecule has 3 heterocycles. The predicted molar refractivity (Wildman–Crippen MR) is 73.4 cm³/mol. The van der Waals surface area contributed by atoms with Crippen molar-refractivity contribution >= 4 is 11.8 Å². The van der Waals surface area contributed by atoms with Gasteiger partial charge in [0, 0.05) is 30.6 Å². The zero-order valence-electron chi connectivity index (χ0n) is 11.3. The fourth-order valence-corrected chi connectivity index (χ4v) is 3.96. The third-order valence-electron chi connectivity index (χ3n) is 3.78. The Morgan fingerprint density at radius 3 is 3.11 bits per heavy atom. The predicted octanol–water partition coefficient (Wildman–Crippen LogP) is 0.491. The van der Waals surface area contributed by atoms with Gasteiger partial charge in [-0.3, -0.25) is 0 Å². The van der Waals surface area contributed by atoms with Crippen LogP contribution in [0.25, 0.3) is 0 Å². The Kier molecular flexibility index (Phi) is 4.07. The molecule has 0 spiro atoms. The minimum atomic E-state index is -0.0571. The Morgan fingerprint density at radius 2 is 2.32 bits per heavy atom. The molecule has 19 heavy (non-hydrogen) atoms. The molecule has 106 valence electrons. The number of aromatic nitrogens is 2. The van der Waals surface area contributed by atoms with Gasteiger partial charge in [0.25, 0.3) is 0 Å². The summed E-state index contributed by atoms with van der Waals surface area (Å²) in [4.78, 5) is 6.79. The van der Waals surface area contributed by atoms with E-state index in [0.717, 1.165) is 37.1 Å². The molecular weight excluding hydrogens is 264 g/mol. The van der Waals surface area contributed by atoms with Crippen molar-refractivity contribution in [1.29, 1.82) is 0 Å². The van der Waals surface area contributed by atoms with Crippen LogP contribution in [-0.4, -0.2) is 66.4 Å². The molecule has 2 saturated heterocycles. The van der Waals surface area contributed by atoms with Crippen LogP contribution in [0.5, 0.6) is 0 Å². The normalized spacial score (nSPS) is 32.8. The molecule has 1 aromatic heterocycles. The van der Waals surface area contributed by atoms with Crippen LogP contribution in [0.2, 0.25) is 0 Å². The van der Waals surface area contributed by atoms with E-state index in [1.807, 2.05) is 18.8 Å². The number of likely N-dealkylation sites (N-methyl/N-ethyl adjacent to an activating group) is 2. The van der Waals surface area contributed by atoms with E-state index in [0.29, 0.717) is 17.8 Å². The maximum absolute atomic E-state index is 5.72. The third-order valence-corrected chi connectivity index (χ3v) is 4.97. The molecule has 0 radical (unpaired) electrons. The summed E-state index contributed by atoms with van der Waals surface area (Å²) in [6.45, 7) is 2.51. The largest absolute Gasteiger partial charge is 0.367 e. The number of rotatable bonds is 3. The van der Waals surface area contributed by atoms with Crippen molar-refractivity contribution in [3.05, 3.63) is 11.7 Å². The average molecular weight is 284 g/mol. The van der Waals surface area contributed by atoms with Gasteiger partial charge in [-0.05, 0) is 14.1 Å². The van der Waals surface area contributed by atoms with Crippen molar-refractivity contribution in [3.63, 3.8) is 0 Å². The van der Waals surface area contributed by atoms with E-state index in [4.69, 9.17) is 9.26 Å². The van der Waals surface area contributed by atoms with Gasteiger partial charge in [-0.2, -0.15) is 16.7 Å². The third kappa shape index (κ3) is 2.79. The van der Waals surface area contributed by atoms with E-state index >= 15 is 0 Å². The average Bonchev–Trinajstić information content (AvgIpc) is 3.07. The first-order valence-electron chi connectivity index (χ1n) is 6.66. The summed E-state index contributed by atoms with van der Waals surface area (Å²) in [5.41, 5.74) is 0. The zero-order valence-corrected chi connectivity index (χ0v) is 12.2. The van der Waals surface area contributed by atoms with Crippen LogP contribution in [-0.2, 0) is 4.74 Å². The highest BCUT2D eigenvalue weighted by Gasteiger charge is 2.33. The molecule has 6 nitrogen and oxygen atoms in total. The Balaban J connectivity index is 1.72. The van der Waals surface area contributed by atoms with E-state index in [-0.39, 0.29) is 6.10 Å². The second-order valence-electron chi connectivity index (χ2n) is 5.15. The maximum atomic E-state index is 5.72. The number of nitrogens with one attached hydrogen (secondary N) is 1. The van der Waals surface area contributed by atoms with Gasteiger partial charge in [-0.15, -0.1) is 0 Å². The molecule has 2 aliphatic rings. The monoisotopic (exact) mass is 284 g/mol. The van der Waals surface area contributed by atoms with Gasteiger partial charge in [0.05, 0.1) is 12.5 Å². The lowest BCUT2D eigenvalue weighted by Gasteiger charge is -2.27. The number of thioether (sulfide) groups is 1. The highest BCUT2D eigenvalue weighted by Crippen LogP contribution is 2.32. The number of hydrogen-bond donors (Lipinski definition) is 1. The zero-order chi connectivity index (χ0) is 13.2. The second kappa shape index (κ2) is 5.78. The first-order valence-corrected chi connectivity index (χ1v) is 7.82. The van der Waals surface area contributed by atoms with E-state index < -0.39 is 0 Å². The number of morpholine rings is 1. The molecule has 2 aliphatic heterocycles. The SMILES string of the molecule is CNC1CSCC1c1nc(C2CN(C)CCO2)no1. The fraction of sp³-hybridized carbons (Fsp3) is 0.833. The Bertz CT molecular complexity index is 428. The van der Waals surface area contributed by atoms with Crippen LogP contribution < -0.4 is 5.32 Å².